The Morgan fingerprint density at radius 1 is 0.906 bits per heavy atom. The van der Waals surface area contributed by atoms with Crippen molar-refractivity contribution in [2.24, 2.45) is 0 Å². The van der Waals surface area contributed by atoms with Gasteiger partial charge in [0.15, 0.2) is 5.43 Å². The molecule has 32 heavy (non-hydrogen) atoms. The molecule has 166 valence electrons. The van der Waals surface area contributed by atoms with Gasteiger partial charge in [-0.3, -0.25) is 4.79 Å². The lowest BCUT2D eigenvalue weighted by molar-refractivity contribution is -0.0500. The highest BCUT2D eigenvalue weighted by atomic mass is 32.2. The summed E-state index contributed by atoms with van der Waals surface area (Å²) in [7, 11) is -4.32. The van der Waals surface area contributed by atoms with Gasteiger partial charge >= 0.3 is 15.6 Å². The number of fused-ring (bicyclic) bond motifs is 2. The normalized spacial score (nSPS) is 12.3. The molecule has 0 bridgehead atoms. The van der Waals surface area contributed by atoms with Gasteiger partial charge < -0.3 is 13.3 Å². The summed E-state index contributed by atoms with van der Waals surface area (Å²) in [6.07, 6.45) is 0. The summed E-state index contributed by atoms with van der Waals surface area (Å²) in [6.45, 7) is 1.86. The van der Waals surface area contributed by atoms with Crippen LogP contribution < -0.4 is 14.3 Å². The highest BCUT2D eigenvalue weighted by Gasteiger charge is 2.48. The Morgan fingerprint density at radius 3 is 2.25 bits per heavy atom. The van der Waals surface area contributed by atoms with Crippen molar-refractivity contribution in [3.05, 3.63) is 70.4 Å². The monoisotopic (exact) mass is 464 g/mol. The summed E-state index contributed by atoms with van der Waals surface area (Å²) < 4.78 is 76.0. The van der Waals surface area contributed by atoms with Crippen molar-refractivity contribution in [3.8, 4) is 33.9 Å². The predicted octanol–water partition coefficient (Wildman–Crippen LogP) is 5.11. The number of hydrogen-bond donors (Lipinski definition) is 0. The highest BCUT2D eigenvalue weighted by Crippen LogP contribution is 2.42. The molecular weight excluding hydrogens is 449 g/mol. The van der Waals surface area contributed by atoms with E-state index in [2.05, 4.69) is 4.18 Å². The third kappa shape index (κ3) is 3.77. The smallest absolute Gasteiger partial charge is 0.497 e. The van der Waals surface area contributed by atoms with Crippen LogP contribution in [0.4, 0.5) is 13.2 Å². The van der Waals surface area contributed by atoms with Crippen molar-refractivity contribution in [1.29, 1.82) is 0 Å². The van der Waals surface area contributed by atoms with Crippen molar-refractivity contribution >= 4 is 21.1 Å². The predicted molar refractivity (Wildman–Crippen MR) is 111 cm³/mol. The lowest BCUT2D eigenvalue weighted by atomic mass is 9.91. The summed E-state index contributed by atoms with van der Waals surface area (Å²) in [5.41, 5.74) is -3.00. The largest absolute Gasteiger partial charge is 0.534 e. The number of halogens is 3. The lowest BCUT2D eigenvalue weighted by Crippen LogP contribution is -2.28. The van der Waals surface area contributed by atoms with Crippen LogP contribution in [0.2, 0.25) is 0 Å². The molecule has 0 amide bonds. The van der Waals surface area contributed by atoms with Crippen LogP contribution in [0.25, 0.3) is 33.4 Å². The van der Waals surface area contributed by atoms with Gasteiger partial charge in [0.2, 0.25) is 0 Å². The molecule has 1 aliphatic carbocycles. The number of methoxy groups -OCH3 is 1. The fourth-order valence-electron chi connectivity index (χ4n) is 3.41. The first-order valence-corrected chi connectivity index (χ1v) is 10.6. The van der Waals surface area contributed by atoms with E-state index in [0.717, 1.165) is 23.3 Å². The zero-order valence-corrected chi connectivity index (χ0v) is 17.5. The maximum Gasteiger partial charge on any atom is 0.534 e. The molecule has 0 aromatic heterocycles. The molecule has 0 fully saturated rings. The quantitative estimate of drug-likeness (QED) is 0.237. The number of benzene rings is 3. The number of aryl methyl sites for hydroxylation is 1. The van der Waals surface area contributed by atoms with Crippen molar-refractivity contribution < 1.29 is 34.9 Å². The maximum absolute atomic E-state index is 12.7. The Morgan fingerprint density at radius 2 is 1.59 bits per heavy atom. The van der Waals surface area contributed by atoms with Crippen LogP contribution in [0.1, 0.15) is 5.56 Å². The standard InChI is InChI=1S/C22H15F3O6S/c1-12-9-14(29-2)4-7-16(12)21-17-6-3-13(26)10-19(17)30-20-11-15(5-8-18(20)21)31-32(27,28)22(23,24)25/h3-11H,1-2H3. The van der Waals surface area contributed by atoms with Crippen LogP contribution in [0.3, 0.4) is 0 Å². The van der Waals surface area contributed by atoms with E-state index in [1.165, 1.54) is 25.3 Å². The van der Waals surface area contributed by atoms with Crippen molar-refractivity contribution in [1.82, 2.24) is 0 Å². The van der Waals surface area contributed by atoms with Crippen LogP contribution in [0.15, 0.2) is 63.8 Å². The van der Waals surface area contributed by atoms with Gasteiger partial charge in [-0.15, -0.1) is 0 Å². The van der Waals surface area contributed by atoms with Gasteiger partial charge in [0.25, 0.3) is 0 Å². The Hall–Kier alpha value is -3.53. The van der Waals surface area contributed by atoms with Crippen LogP contribution in [0, 0.1) is 6.92 Å². The summed E-state index contributed by atoms with van der Waals surface area (Å²) >= 11 is 0. The minimum Gasteiger partial charge on any atom is -0.497 e. The van der Waals surface area contributed by atoms with Gasteiger partial charge in [-0.1, -0.05) is 6.07 Å². The third-order valence-corrected chi connectivity index (χ3v) is 5.84. The number of ether oxygens (including phenoxy) is 1. The molecule has 0 unspecified atom stereocenters. The number of alkyl halides is 3. The summed E-state index contributed by atoms with van der Waals surface area (Å²) in [6, 6.07) is 13.1. The molecular formula is C22H15F3O6S. The molecule has 1 heterocycles. The molecule has 0 spiro atoms. The summed E-state index contributed by atoms with van der Waals surface area (Å²) in [5.74, 6) is 0.245. The van der Waals surface area contributed by atoms with Crippen LogP contribution in [-0.2, 0) is 10.1 Å². The first-order valence-electron chi connectivity index (χ1n) is 9.16. The van der Waals surface area contributed by atoms with Crippen molar-refractivity contribution in [2.75, 3.05) is 7.11 Å². The topological polar surface area (TPSA) is 82.8 Å². The fourth-order valence-corrected chi connectivity index (χ4v) is 3.86. The number of hydrogen-bond acceptors (Lipinski definition) is 6. The number of rotatable bonds is 4. The van der Waals surface area contributed by atoms with E-state index in [1.54, 1.807) is 12.1 Å². The summed E-state index contributed by atoms with van der Waals surface area (Å²) in [5, 5.41) is 0.487. The molecule has 0 saturated heterocycles. The van der Waals surface area contributed by atoms with E-state index in [0.29, 0.717) is 22.3 Å². The second-order valence-corrected chi connectivity index (χ2v) is 8.49. The molecule has 2 aliphatic rings. The van der Waals surface area contributed by atoms with Gasteiger partial charge in [-0.05, 0) is 54.4 Å². The molecule has 2 aromatic rings. The van der Waals surface area contributed by atoms with E-state index >= 15 is 0 Å². The minimum absolute atomic E-state index is 0.0446. The first-order chi connectivity index (χ1) is 15.0. The van der Waals surface area contributed by atoms with Gasteiger partial charge in [0, 0.05) is 28.6 Å². The maximum atomic E-state index is 12.7. The molecule has 0 saturated carbocycles. The molecule has 0 radical (unpaired) electrons. The minimum atomic E-state index is -5.85. The average Bonchev–Trinajstić information content (AvgIpc) is 2.71. The Kier molecular flexibility index (Phi) is 5.12. The third-order valence-electron chi connectivity index (χ3n) is 4.86. The molecule has 6 nitrogen and oxygen atoms in total. The Balaban J connectivity index is 1.99. The average molecular weight is 464 g/mol. The van der Waals surface area contributed by atoms with Gasteiger partial charge in [-0.25, -0.2) is 0 Å². The van der Waals surface area contributed by atoms with Crippen LogP contribution in [0.5, 0.6) is 11.5 Å². The second kappa shape index (κ2) is 7.56. The second-order valence-electron chi connectivity index (χ2n) is 6.96. The molecule has 4 rings (SSSR count). The molecule has 0 atom stereocenters. The highest BCUT2D eigenvalue weighted by molar-refractivity contribution is 7.88. The van der Waals surface area contributed by atoms with E-state index in [4.69, 9.17) is 9.15 Å². The lowest BCUT2D eigenvalue weighted by Gasteiger charge is -2.17. The zero-order chi connectivity index (χ0) is 23.3. The molecule has 1 aliphatic heterocycles. The van der Waals surface area contributed by atoms with E-state index in [1.807, 2.05) is 19.1 Å². The van der Waals surface area contributed by atoms with Crippen LogP contribution >= 0.6 is 0 Å². The Bertz CT molecular complexity index is 1470. The first kappa shape index (κ1) is 21.7. The SMILES string of the molecule is COc1ccc(-c2c3ccc(=O)cc-3oc3cc(OS(=O)(=O)C(F)(F)F)ccc23)c(C)c1. The summed E-state index contributed by atoms with van der Waals surface area (Å²) in [4.78, 5) is 11.9. The fraction of sp³-hybridized carbons (Fsp3) is 0.136. The van der Waals surface area contributed by atoms with E-state index in [-0.39, 0.29) is 16.8 Å². The van der Waals surface area contributed by atoms with Crippen molar-refractivity contribution in [3.63, 3.8) is 0 Å². The Labute approximate surface area is 180 Å². The zero-order valence-electron chi connectivity index (χ0n) is 16.7. The van der Waals surface area contributed by atoms with E-state index in [9.17, 15) is 26.4 Å². The van der Waals surface area contributed by atoms with Gasteiger partial charge in [0.05, 0.1) is 7.11 Å². The van der Waals surface area contributed by atoms with Gasteiger partial charge in [-0.2, -0.15) is 21.6 Å². The molecule has 0 N–H and O–H groups in total. The molecule has 10 heteroatoms. The van der Waals surface area contributed by atoms with E-state index < -0.39 is 21.4 Å². The van der Waals surface area contributed by atoms with Crippen molar-refractivity contribution in [2.45, 2.75) is 12.4 Å². The molecule has 2 aromatic carbocycles. The van der Waals surface area contributed by atoms with Crippen LogP contribution in [-0.4, -0.2) is 21.0 Å². The van der Waals surface area contributed by atoms with Gasteiger partial charge in [0.1, 0.15) is 22.8 Å².